The zero-order chi connectivity index (χ0) is 20.8. The van der Waals surface area contributed by atoms with Crippen LogP contribution in [0.15, 0.2) is 53.9 Å². The maximum absolute atomic E-state index is 13.3. The molecular formula is C20H17F3N4OS. The predicted octanol–water partition coefficient (Wildman–Crippen LogP) is 4.85. The number of amides is 1. The molecule has 0 fully saturated rings. The maximum atomic E-state index is 13.3. The van der Waals surface area contributed by atoms with Crippen LogP contribution in [0.25, 0.3) is 0 Å². The van der Waals surface area contributed by atoms with E-state index in [0.29, 0.717) is 5.69 Å². The van der Waals surface area contributed by atoms with Gasteiger partial charge in [-0.25, -0.2) is 0 Å². The molecule has 150 valence electrons. The van der Waals surface area contributed by atoms with Crippen LogP contribution in [0.5, 0.6) is 0 Å². The predicted molar refractivity (Wildman–Crippen MR) is 104 cm³/mol. The normalized spacial score (nSPS) is 14.9. The van der Waals surface area contributed by atoms with Crippen LogP contribution >= 0.6 is 11.8 Å². The molecule has 0 bridgehead atoms. The van der Waals surface area contributed by atoms with Gasteiger partial charge in [0.15, 0.2) is 5.16 Å². The molecule has 1 atom stereocenters. The van der Waals surface area contributed by atoms with Crippen molar-refractivity contribution in [3.63, 3.8) is 0 Å². The number of aromatic nitrogens is 3. The number of rotatable bonds is 4. The highest BCUT2D eigenvalue weighted by Gasteiger charge is 2.39. The maximum Gasteiger partial charge on any atom is 0.416 e. The minimum Gasteiger partial charge on any atom is -0.312 e. The summed E-state index contributed by atoms with van der Waals surface area (Å²) in [6.45, 7) is 1.90. The van der Waals surface area contributed by atoms with Gasteiger partial charge in [0.2, 0.25) is 0 Å². The van der Waals surface area contributed by atoms with E-state index in [-0.39, 0.29) is 22.9 Å². The number of carbonyl (C=O) groups is 1. The summed E-state index contributed by atoms with van der Waals surface area (Å²) in [5.74, 6) is -0.420. The second kappa shape index (κ2) is 7.22. The quantitative estimate of drug-likeness (QED) is 0.569. The molecule has 4 rings (SSSR count). The zero-order valence-electron chi connectivity index (χ0n) is 15.6. The van der Waals surface area contributed by atoms with Crippen LogP contribution < -0.4 is 4.90 Å². The van der Waals surface area contributed by atoms with Gasteiger partial charge in [-0.1, -0.05) is 30.0 Å². The third kappa shape index (κ3) is 3.62. The van der Waals surface area contributed by atoms with Crippen molar-refractivity contribution in [2.24, 2.45) is 7.05 Å². The Morgan fingerprint density at radius 3 is 2.62 bits per heavy atom. The smallest absolute Gasteiger partial charge is 0.312 e. The molecule has 0 radical (unpaired) electrons. The molecule has 0 saturated heterocycles. The summed E-state index contributed by atoms with van der Waals surface area (Å²) in [7, 11) is 1.85. The lowest BCUT2D eigenvalue weighted by Gasteiger charge is -2.19. The third-order valence-corrected chi connectivity index (χ3v) is 6.08. The van der Waals surface area contributed by atoms with Gasteiger partial charge in [0.05, 0.1) is 12.1 Å². The Bertz CT molecular complexity index is 1080. The molecule has 0 saturated carbocycles. The summed E-state index contributed by atoms with van der Waals surface area (Å²) in [5, 5.41) is 8.68. The molecule has 1 amide bonds. The molecule has 1 aliphatic heterocycles. The van der Waals surface area contributed by atoms with Gasteiger partial charge in [-0.15, -0.1) is 10.2 Å². The van der Waals surface area contributed by atoms with Crippen LogP contribution in [-0.4, -0.2) is 20.7 Å². The van der Waals surface area contributed by atoms with Gasteiger partial charge in [0, 0.05) is 23.5 Å². The number of hydrogen-bond acceptors (Lipinski definition) is 4. The van der Waals surface area contributed by atoms with Gasteiger partial charge >= 0.3 is 6.18 Å². The lowest BCUT2D eigenvalue weighted by atomic mass is 10.0. The van der Waals surface area contributed by atoms with Crippen molar-refractivity contribution in [2.75, 3.05) is 4.90 Å². The molecule has 1 aromatic heterocycles. The molecule has 29 heavy (non-hydrogen) atoms. The Morgan fingerprint density at radius 2 is 1.93 bits per heavy atom. The molecule has 3 aromatic rings. The van der Waals surface area contributed by atoms with Crippen molar-refractivity contribution in [1.29, 1.82) is 0 Å². The van der Waals surface area contributed by atoms with Crippen LogP contribution in [0.2, 0.25) is 0 Å². The minimum absolute atomic E-state index is 0.0173. The minimum atomic E-state index is -4.50. The fourth-order valence-corrected chi connectivity index (χ4v) is 4.26. The average Bonchev–Trinajstić information content (AvgIpc) is 3.24. The standard InChI is InChI=1S/C20H17F3N4OS/c1-12(29-19-25-24-11-26(19)2)13-5-3-6-14(9-13)27-10-16-15(18(27)28)7-4-8-17(16)20(21,22)23/h3-9,11-12H,10H2,1-2H3/t12-/m0/s1. The summed E-state index contributed by atoms with van der Waals surface area (Å²) < 4.78 is 41.8. The first-order valence-corrected chi connectivity index (χ1v) is 9.75. The molecule has 5 nitrogen and oxygen atoms in total. The first-order valence-electron chi connectivity index (χ1n) is 8.87. The van der Waals surface area contributed by atoms with E-state index in [1.807, 2.05) is 30.7 Å². The van der Waals surface area contributed by atoms with Crippen LogP contribution in [-0.2, 0) is 19.8 Å². The van der Waals surface area contributed by atoms with Crippen molar-refractivity contribution in [3.05, 3.63) is 71.0 Å². The Morgan fingerprint density at radius 1 is 1.17 bits per heavy atom. The monoisotopic (exact) mass is 418 g/mol. The molecule has 0 aliphatic carbocycles. The summed E-state index contributed by atoms with van der Waals surface area (Å²) >= 11 is 1.51. The van der Waals surface area contributed by atoms with Crippen molar-refractivity contribution < 1.29 is 18.0 Å². The van der Waals surface area contributed by atoms with Crippen molar-refractivity contribution in [2.45, 2.75) is 30.1 Å². The number of nitrogens with zero attached hydrogens (tertiary/aromatic N) is 4. The Kier molecular flexibility index (Phi) is 4.85. The van der Waals surface area contributed by atoms with Crippen molar-refractivity contribution >= 4 is 23.4 Å². The van der Waals surface area contributed by atoms with E-state index in [9.17, 15) is 18.0 Å². The van der Waals surface area contributed by atoms with E-state index < -0.39 is 17.6 Å². The van der Waals surface area contributed by atoms with Crippen LogP contribution in [0.4, 0.5) is 18.9 Å². The molecule has 0 unspecified atom stereocenters. The van der Waals surface area contributed by atoms with E-state index in [1.54, 1.807) is 18.5 Å². The van der Waals surface area contributed by atoms with Crippen molar-refractivity contribution in [1.82, 2.24) is 14.8 Å². The number of carbonyl (C=O) groups excluding carboxylic acids is 1. The Balaban J connectivity index is 1.62. The van der Waals surface area contributed by atoms with Crippen molar-refractivity contribution in [3.8, 4) is 0 Å². The highest BCUT2D eigenvalue weighted by molar-refractivity contribution is 7.99. The van der Waals surface area contributed by atoms with E-state index in [0.717, 1.165) is 16.8 Å². The Hall–Kier alpha value is -2.81. The highest BCUT2D eigenvalue weighted by Crippen LogP contribution is 2.40. The first-order chi connectivity index (χ1) is 13.8. The second-order valence-electron chi connectivity index (χ2n) is 6.80. The van der Waals surface area contributed by atoms with E-state index >= 15 is 0 Å². The molecule has 2 heterocycles. The highest BCUT2D eigenvalue weighted by atomic mass is 32.2. The summed E-state index contributed by atoms with van der Waals surface area (Å²) in [4.78, 5) is 14.2. The fraction of sp³-hybridized carbons (Fsp3) is 0.250. The molecule has 1 aliphatic rings. The molecule has 9 heteroatoms. The number of anilines is 1. The lowest BCUT2D eigenvalue weighted by molar-refractivity contribution is -0.138. The molecule has 0 N–H and O–H groups in total. The summed E-state index contributed by atoms with van der Waals surface area (Å²) in [6.07, 6.45) is -2.88. The van der Waals surface area contributed by atoms with Gasteiger partial charge in [-0.3, -0.25) is 4.79 Å². The van der Waals surface area contributed by atoms with Crippen LogP contribution in [0.1, 0.15) is 39.2 Å². The number of fused-ring (bicyclic) bond motifs is 1. The number of thioether (sulfide) groups is 1. The van der Waals surface area contributed by atoms with Crippen LogP contribution in [0.3, 0.4) is 0 Å². The van der Waals surface area contributed by atoms with E-state index in [2.05, 4.69) is 10.2 Å². The largest absolute Gasteiger partial charge is 0.416 e. The molecular weight excluding hydrogens is 401 g/mol. The SMILES string of the molecule is C[C@H](Sc1nncn1C)c1cccc(N2Cc3c(cccc3C(F)(F)F)C2=O)c1. The molecule has 0 spiro atoms. The molecule has 2 aromatic carbocycles. The van der Waals surface area contributed by atoms with Crippen LogP contribution in [0, 0.1) is 0 Å². The number of hydrogen-bond donors (Lipinski definition) is 0. The lowest BCUT2D eigenvalue weighted by Crippen LogP contribution is -2.23. The van der Waals surface area contributed by atoms with Gasteiger partial charge in [0.1, 0.15) is 6.33 Å². The fourth-order valence-electron chi connectivity index (χ4n) is 3.36. The van der Waals surface area contributed by atoms with Gasteiger partial charge in [0.25, 0.3) is 5.91 Å². The van der Waals surface area contributed by atoms with Gasteiger partial charge in [-0.2, -0.15) is 13.2 Å². The number of benzene rings is 2. The summed E-state index contributed by atoms with van der Waals surface area (Å²) in [6, 6.07) is 11.0. The number of aryl methyl sites for hydroxylation is 1. The number of halogens is 3. The third-order valence-electron chi connectivity index (χ3n) is 4.88. The Labute approximate surface area is 169 Å². The summed E-state index contributed by atoms with van der Waals surface area (Å²) in [5.41, 5.74) is 0.884. The van der Waals surface area contributed by atoms with E-state index in [4.69, 9.17) is 0 Å². The zero-order valence-corrected chi connectivity index (χ0v) is 16.5. The topological polar surface area (TPSA) is 51.0 Å². The number of alkyl halides is 3. The first kappa shape index (κ1) is 19.5. The average molecular weight is 418 g/mol. The van der Waals surface area contributed by atoms with Gasteiger partial charge in [-0.05, 0) is 42.3 Å². The van der Waals surface area contributed by atoms with Gasteiger partial charge < -0.3 is 9.47 Å². The second-order valence-corrected chi connectivity index (χ2v) is 8.11. The van der Waals surface area contributed by atoms with E-state index in [1.165, 1.54) is 28.8 Å².